The van der Waals surface area contributed by atoms with E-state index in [2.05, 4.69) is 29.2 Å². The van der Waals surface area contributed by atoms with Gasteiger partial charge in [-0.15, -0.1) is 0 Å². The maximum Gasteiger partial charge on any atom is 0.0704 e. The minimum absolute atomic E-state index is 0.813. The molecule has 0 bridgehead atoms. The molecule has 1 heteroatoms. The number of fused-ring (bicyclic) bond motifs is 1. The van der Waals surface area contributed by atoms with Crippen molar-refractivity contribution in [1.82, 2.24) is 4.98 Å². The molecule has 3 rings (SSSR count). The average molecular weight is 169 g/mol. The lowest BCUT2D eigenvalue weighted by molar-refractivity contribution is 1.15. The fraction of sp³-hybridized carbons (Fsp3) is 0.250. The largest absolute Gasteiger partial charge is 0.256 e. The third-order valence-electron chi connectivity index (χ3n) is 2.70. The first-order valence-electron chi connectivity index (χ1n) is 4.79. The molecule has 0 saturated heterocycles. The Morgan fingerprint density at radius 1 is 1.08 bits per heavy atom. The second-order valence-corrected chi connectivity index (χ2v) is 3.69. The summed E-state index contributed by atoms with van der Waals surface area (Å²) >= 11 is 0. The predicted octanol–water partition coefficient (Wildman–Crippen LogP) is 3.11. The van der Waals surface area contributed by atoms with Crippen LogP contribution in [0.3, 0.4) is 0 Å². The summed E-state index contributed by atoms with van der Waals surface area (Å²) in [6.07, 6.45) is 4.57. The first kappa shape index (κ1) is 7.07. The molecule has 0 amide bonds. The molecule has 0 spiro atoms. The SMILES string of the molecule is c1cc(C2CC2)c2cccnc2c1. The quantitative estimate of drug-likeness (QED) is 0.639. The normalized spacial score (nSPS) is 16.3. The molecule has 1 aliphatic carbocycles. The molecule has 1 saturated carbocycles. The smallest absolute Gasteiger partial charge is 0.0704 e. The van der Waals surface area contributed by atoms with E-state index in [-0.39, 0.29) is 0 Å². The highest BCUT2D eigenvalue weighted by atomic mass is 14.6. The van der Waals surface area contributed by atoms with Gasteiger partial charge < -0.3 is 0 Å². The maximum atomic E-state index is 4.35. The average Bonchev–Trinajstić information content (AvgIpc) is 3.00. The fourth-order valence-electron chi connectivity index (χ4n) is 1.88. The molecule has 1 aromatic carbocycles. The molecule has 64 valence electrons. The summed E-state index contributed by atoms with van der Waals surface area (Å²) in [7, 11) is 0. The molecule has 1 nitrogen and oxygen atoms in total. The van der Waals surface area contributed by atoms with Gasteiger partial charge in [0.2, 0.25) is 0 Å². The third-order valence-corrected chi connectivity index (χ3v) is 2.70. The molecule has 1 heterocycles. The van der Waals surface area contributed by atoms with E-state index in [0.29, 0.717) is 0 Å². The Hall–Kier alpha value is -1.37. The summed E-state index contributed by atoms with van der Waals surface area (Å²) in [6, 6.07) is 10.6. The van der Waals surface area contributed by atoms with Gasteiger partial charge in [-0.25, -0.2) is 0 Å². The summed E-state index contributed by atoms with van der Waals surface area (Å²) in [4.78, 5) is 4.35. The van der Waals surface area contributed by atoms with E-state index in [0.717, 1.165) is 11.4 Å². The van der Waals surface area contributed by atoms with E-state index in [1.807, 2.05) is 12.3 Å². The Morgan fingerprint density at radius 3 is 2.85 bits per heavy atom. The van der Waals surface area contributed by atoms with Crippen LogP contribution in [0, 0.1) is 0 Å². The number of benzene rings is 1. The van der Waals surface area contributed by atoms with Crippen LogP contribution in [-0.2, 0) is 0 Å². The van der Waals surface area contributed by atoms with E-state index in [4.69, 9.17) is 0 Å². The van der Waals surface area contributed by atoms with Gasteiger partial charge >= 0.3 is 0 Å². The molecule has 0 atom stereocenters. The van der Waals surface area contributed by atoms with Crippen molar-refractivity contribution >= 4 is 10.9 Å². The Labute approximate surface area is 77.4 Å². The van der Waals surface area contributed by atoms with E-state index < -0.39 is 0 Å². The van der Waals surface area contributed by atoms with Crippen LogP contribution in [0.15, 0.2) is 36.5 Å². The van der Waals surface area contributed by atoms with Gasteiger partial charge in [0.1, 0.15) is 0 Å². The van der Waals surface area contributed by atoms with Gasteiger partial charge in [0.25, 0.3) is 0 Å². The lowest BCUT2D eigenvalue weighted by atomic mass is 10.0. The Kier molecular flexibility index (Phi) is 1.39. The van der Waals surface area contributed by atoms with Crippen LogP contribution in [0.4, 0.5) is 0 Å². The first-order chi connectivity index (χ1) is 6.45. The summed E-state index contributed by atoms with van der Waals surface area (Å²) in [5.74, 6) is 0.813. The molecule has 0 radical (unpaired) electrons. The van der Waals surface area contributed by atoms with Crippen LogP contribution >= 0.6 is 0 Å². The third kappa shape index (κ3) is 1.12. The zero-order valence-electron chi connectivity index (χ0n) is 7.40. The van der Waals surface area contributed by atoms with Crippen molar-refractivity contribution in [2.24, 2.45) is 0 Å². The van der Waals surface area contributed by atoms with Gasteiger partial charge in [0, 0.05) is 11.6 Å². The number of hydrogen-bond acceptors (Lipinski definition) is 1. The van der Waals surface area contributed by atoms with Crippen molar-refractivity contribution in [2.45, 2.75) is 18.8 Å². The highest BCUT2D eigenvalue weighted by Gasteiger charge is 2.24. The van der Waals surface area contributed by atoms with Crippen LogP contribution in [-0.4, -0.2) is 4.98 Å². The second-order valence-electron chi connectivity index (χ2n) is 3.69. The molecule has 0 N–H and O–H groups in total. The highest BCUT2D eigenvalue weighted by molar-refractivity contribution is 5.82. The predicted molar refractivity (Wildman–Crippen MR) is 53.7 cm³/mol. The van der Waals surface area contributed by atoms with Crippen LogP contribution in [0.25, 0.3) is 10.9 Å². The van der Waals surface area contributed by atoms with Crippen molar-refractivity contribution in [1.29, 1.82) is 0 Å². The maximum absolute atomic E-state index is 4.35. The number of pyridine rings is 1. The van der Waals surface area contributed by atoms with Gasteiger partial charge in [-0.3, -0.25) is 4.98 Å². The van der Waals surface area contributed by atoms with Crippen LogP contribution in [0.2, 0.25) is 0 Å². The molecule has 2 aromatic rings. The lowest BCUT2D eigenvalue weighted by Gasteiger charge is -2.02. The Balaban J connectivity index is 2.32. The van der Waals surface area contributed by atoms with Crippen molar-refractivity contribution in [3.8, 4) is 0 Å². The molecular formula is C12H11N. The van der Waals surface area contributed by atoms with Crippen molar-refractivity contribution in [3.63, 3.8) is 0 Å². The summed E-state index contributed by atoms with van der Waals surface area (Å²) in [6.45, 7) is 0. The molecule has 0 aliphatic heterocycles. The Bertz CT molecular complexity index is 438. The lowest BCUT2D eigenvalue weighted by Crippen LogP contribution is -1.84. The van der Waals surface area contributed by atoms with E-state index in [9.17, 15) is 0 Å². The minimum Gasteiger partial charge on any atom is -0.256 e. The topological polar surface area (TPSA) is 12.9 Å². The van der Waals surface area contributed by atoms with Crippen LogP contribution in [0.5, 0.6) is 0 Å². The number of hydrogen-bond donors (Lipinski definition) is 0. The van der Waals surface area contributed by atoms with Gasteiger partial charge in [-0.05, 0) is 36.5 Å². The zero-order chi connectivity index (χ0) is 8.67. The number of rotatable bonds is 1. The summed E-state index contributed by atoms with van der Waals surface area (Å²) in [5.41, 5.74) is 2.62. The second kappa shape index (κ2) is 2.56. The standard InChI is InChI=1S/C12H11N/c1-3-10(9-6-7-9)11-4-2-8-13-12(11)5-1/h1-5,8-9H,6-7H2. The minimum atomic E-state index is 0.813. The molecule has 1 fully saturated rings. The monoisotopic (exact) mass is 169 g/mol. The van der Waals surface area contributed by atoms with Gasteiger partial charge in [-0.2, -0.15) is 0 Å². The van der Waals surface area contributed by atoms with Crippen molar-refractivity contribution in [2.75, 3.05) is 0 Å². The van der Waals surface area contributed by atoms with Crippen molar-refractivity contribution < 1.29 is 0 Å². The van der Waals surface area contributed by atoms with E-state index in [1.165, 1.54) is 23.8 Å². The number of nitrogens with zero attached hydrogens (tertiary/aromatic N) is 1. The molecular weight excluding hydrogens is 158 g/mol. The molecule has 1 aliphatic rings. The van der Waals surface area contributed by atoms with Crippen LogP contribution < -0.4 is 0 Å². The van der Waals surface area contributed by atoms with Crippen molar-refractivity contribution in [3.05, 3.63) is 42.1 Å². The van der Waals surface area contributed by atoms with E-state index in [1.54, 1.807) is 0 Å². The van der Waals surface area contributed by atoms with E-state index >= 15 is 0 Å². The first-order valence-corrected chi connectivity index (χ1v) is 4.79. The van der Waals surface area contributed by atoms with Gasteiger partial charge in [0.15, 0.2) is 0 Å². The molecule has 13 heavy (non-hydrogen) atoms. The van der Waals surface area contributed by atoms with Crippen LogP contribution in [0.1, 0.15) is 24.3 Å². The Morgan fingerprint density at radius 2 is 2.00 bits per heavy atom. The summed E-state index contributed by atoms with van der Waals surface area (Å²) in [5, 5.41) is 1.34. The highest BCUT2D eigenvalue weighted by Crippen LogP contribution is 2.42. The summed E-state index contributed by atoms with van der Waals surface area (Å²) < 4.78 is 0. The van der Waals surface area contributed by atoms with Gasteiger partial charge in [0.05, 0.1) is 5.52 Å². The van der Waals surface area contributed by atoms with Gasteiger partial charge in [-0.1, -0.05) is 18.2 Å². The number of aromatic nitrogens is 1. The molecule has 1 aromatic heterocycles. The molecule has 0 unspecified atom stereocenters. The fourth-order valence-corrected chi connectivity index (χ4v) is 1.88. The zero-order valence-corrected chi connectivity index (χ0v) is 7.40.